The Morgan fingerprint density at radius 1 is 1.10 bits per heavy atom. The topological polar surface area (TPSA) is 59.7 Å². The van der Waals surface area contributed by atoms with Crippen molar-refractivity contribution in [3.63, 3.8) is 0 Å². The first-order valence-corrected chi connectivity index (χ1v) is 9.22. The molecule has 1 aromatic heterocycles. The Hall–Kier alpha value is -3.89. The van der Waals surface area contributed by atoms with E-state index in [4.69, 9.17) is 0 Å². The van der Waals surface area contributed by atoms with Crippen LogP contribution in [0.15, 0.2) is 78.0 Å². The minimum absolute atomic E-state index is 0.0136. The van der Waals surface area contributed by atoms with Gasteiger partial charge in [0.15, 0.2) is 5.78 Å². The molecule has 0 fully saturated rings. The number of hydrogen-bond acceptors (Lipinski definition) is 4. The maximum absolute atomic E-state index is 15.2. The van der Waals surface area contributed by atoms with E-state index in [1.54, 1.807) is 42.6 Å². The number of carbonyl (C=O) groups is 1. The standard InChI is InChI=1S/C23H16FN4O/c1-14(29)15-4-2-5-17(12-15)20-9-10-21-26-23(28(21)27-20)22(24)18-7-8-19-16(13-18)6-3-11-25-19/h2-13,22H,1H3/q+1. The summed E-state index contributed by atoms with van der Waals surface area (Å²) in [6, 6.07) is 16.3. The second-order valence-electron chi connectivity index (χ2n) is 6.91. The number of ketones is 1. The number of carbonyl (C=O) groups excluding carboxylic acids is 1. The van der Waals surface area contributed by atoms with Crippen molar-refractivity contribution in [2.24, 2.45) is 5.10 Å². The fraction of sp³-hybridized carbons (Fsp3) is 0.0870. The Balaban J connectivity index is 1.46. The van der Waals surface area contributed by atoms with E-state index in [-0.39, 0.29) is 11.6 Å². The number of nitrogens with zero attached hydrogens (tertiary/aromatic N) is 4. The van der Waals surface area contributed by atoms with E-state index in [0.29, 0.717) is 22.7 Å². The molecule has 6 heteroatoms. The van der Waals surface area contributed by atoms with E-state index < -0.39 is 6.17 Å². The molecule has 0 amide bonds. The fourth-order valence-corrected chi connectivity index (χ4v) is 3.41. The molecule has 0 saturated carbocycles. The molecule has 2 aliphatic rings. The van der Waals surface area contributed by atoms with Crippen molar-refractivity contribution in [3.8, 4) is 0 Å². The summed E-state index contributed by atoms with van der Waals surface area (Å²) in [5.41, 5.74) is 3.38. The van der Waals surface area contributed by atoms with Gasteiger partial charge in [0.2, 0.25) is 6.17 Å². The molecule has 3 aromatic rings. The second kappa shape index (κ2) is 6.62. The summed E-state index contributed by atoms with van der Waals surface area (Å²) in [5, 5.41) is 6.94. The molecular weight excluding hydrogens is 367 g/mol. The predicted molar refractivity (Wildman–Crippen MR) is 112 cm³/mol. The highest BCUT2D eigenvalue weighted by atomic mass is 19.1. The molecule has 0 spiro atoms. The lowest BCUT2D eigenvalue weighted by molar-refractivity contribution is 0.101. The number of hydrazone groups is 1. The van der Waals surface area contributed by atoms with E-state index in [1.807, 2.05) is 30.3 Å². The van der Waals surface area contributed by atoms with Gasteiger partial charge in [-0.15, -0.1) is 5.10 Å². The zero-order valence-corrected chi connectivity index (χ0v) is 15.6. The molecule has 29 heavy (non-hydrogen) atoms. The van der Waals surface area contributed by atoms with E-state index in [9.17, 15) is 4.79 Å². The summed E-state index contributed by atoms with van der Waals surface area (Å²) in [6.07, 6.45) is 3.93. The average molecular weight is 383 g/mol. The van der Waals surface area contributed by atoms with Crippen molar-refractivity contribution in [3.05, 3.63) is 89.6 Å². The molecule has 1 atom stereocenters. The highest BCUT2D eigenvalue weighted by Crippen LogP contribution is 2.27. The number of pyridine rings is 1. The van der Waals surface area contributed by atoms with E-state index >= 15 is 4.39 Å². The number of amidine groups is 2. The summed E-state index contributed by atoms with van der Waals surface area (Å²) < 4.78 is 19.5. The SMILES string of the molecule is CC(=O)c1cccc(C2=NN3C(=[N+]=C3C(F)c3ccc4ncccc4c3)C=C2)c1. The van der Waals surface area contributed by atoms with Crippen LogP contribution in [0.2, 0.25) is 0 Å². The summed E-state index contributed by atoms with van der Waals surface area (Å²) in [5.74, 6) is 0.824. The number of benzene rings is 2. The molecule has 0 N–H and O–H groups in total. The van der Waals surface area contributed by atoms with Gasteiger partial charge in [-0.1, -0.05) is 35.3 Å². The molecule has 2 aromatic carbocycles. The van der Waals surface area contributed by atoms with Crippen LogP contribution in [-0.4, -0.2) is 33.2 Å². The first kappa shape index (κ1) is 17.2. The van der Waals surface area contributed by atoms with E-state index in [0.717, 1.165) is 16.5 Å². The monoisotopic (exact) mass is 383 g/mol. The van der Waals surface area contributed by atoms with Crippen molar-refractivity contribution in [1.82, 2.24) is 14.7 Å². The first-order valence-electron chi connectivity index (χ1n) is 9.22. The predicted octanol–water partition coefficient (Wildman–Crippen LogP) is 3.60. The number of rotatable bonds is 4. The van der Waals surface area contributed by atoms with Gasteiger partial charge in [0, 0.05) is 28.8 Å². The molecule has 5 rings (SSSR count). The fourth-order valence-electron chi connectivity index (χ4n) is 3.41. The van der Waals surface area contributed by atoms with Gasteiger partial charge in [0.1, 0.15) is 5.71 Å². The molecule has 2 aliphatic heterocycles. The van der Waals surface area contributed by atoms with Gasteiger partial charge in [-0.3, -0.25) is 9.78 Å². The minimum atomic E-state index is -1.40. The third-order valence-corrected chi connectivity index (χ3v) is 4.97. The second-order valence-corrected chi connectivity index (χ2v) is 6.91. The lowest BCUT2D eigenvalue weighted by atomic mass is 10.0. The molecule has 0 bridgehead atoms. The highest BCUT2D eigenvalue weighted by Gasteiger charge is 2.42. The van der Waals surface area contributed by atoms with Crippen molar-refractivity contribution < 1.29 is 9.18 Å². The van der Waals surface area contributed by atoms with Crippen molar-refractivity contribution in [1.29, 1.82) is 0 Å². The lowest BCUT2D eigenvalue weighted by Crippen LogP contribution is -2.47. The van der Waals surface area contributed by atoms with Crippen LogP contribution in [0.5, 0.6) is 0 Å². The Labute approximate surface area is 166 Å². The van der Waals surface area contributed by atoms with Crippen LogP contribution < -0.4 is 4.67 Å². The van der Waals surface area contributed by atoms with Crippen molar-refractivity contribution >= 4 is 34.1 Å². The van der Waals surface area contributed by atoms with Gasteiger partial charge in [0.25, 0.3) is 0 Å². The number of hydrogen-bond donors (Lipinski definition) is 0. The van der Waals surface area contributed by atoms with Crippen LogP contribution in [0.25, 0.3) is 10.9 Å². The highest BCUT2D eigenvalue weighted by molar-refractivity contribution is 6.22. The number of allylic oxidation sites excluding steroid dienone is 1. The molecule has 0 aliphatic carbocycles. The maximum Gasteiger partial charge on any atom is 0.358 e. The van der Waals surface area contributed by atoms with Crippen LogP contribution in [0.1, 0.15) is 34.6 Å². The van der Waals surface area contributed by atoms with Gasteiger partial charge in [-0.25, -0.2) is 9.06 Å². The summed E-state index contributed by atoms with van der Waals surface area (Å²) in [6.45, 7) is 1.52. The Kier molecular flexibility index (Phi) is 3.93. The number of halogens is 1. The van der Waals surface area contributed by atoms with Crippen molar-refractivity contribution in [2.45, 2.75) is 13.1 Å². The number of alkyl halides is 1. The average Bonchev–Trinajstić information content (AvgIpc) is 2.74. The molecular formula is C23H16FN4O+. The number of fused-ring (bicyclic) bond motifs is 2. The van der Waals surface area contributed by atoms with Gasteiger partial charge < -0.3 is 0 Å². The molecule has 0 saturated heterocycles. The molecule has 140 valence electrons. The van der Waals surface area contributed by atoms with Crippen LogP contribution >= 0.6 is 0 Å². The molecule has 0 radical (unpaired) electrons. The maximum atomic E-state index is 15.2. The van der Waals surface area contributed by atoms with Crippen LogP contribution in [0, 0.1) is 0 Å². The van der Waals surface area contributed by atoms with Gasteiger partial charge >= 0.3 is 11.7 Å². The smallest absolute Gasteiger partial charge is 0.295 e. The summed E-state index contributed by atoms with van der Waals surface area (Å²) in [7, 11) is 0. The third-order valence-electron chi connectivity index (χ3n) is 4.97. The van der Waals surface area contributed by atoms with Gasteiger partial charge in [-0.2, -0.15) is 0 Å². The largest absolute Gasteiger partial charge is 0.358 e. The minimum Gasteiger partial charge on any atom is -0.295 e. The van der Waals surface area contributed by atoms with Crippen LogP contribution in [0.4, 0.5) is 4.39 Å². The summed E-state index contributed by atoms with van der Waals surface area (Å²) >= 11 is 0. The Morgan fingerprint density at radius 3 is 2.86 bits per heavy atom. The molecule has 3 heterocycles. The number of aromatic nitrogens is 1. The normalized spacial score (nSPS) is 15.8. The first-order chi connectivity index (χ1) is 14.1. The van der Waals surface area contributed by atoms with Crippen LogP contribution in [0.3, 0.4) is 0 Å². The summed E-state index contributed by atoms with van der Waals surface area (Å²) in [4.78, 5) is 15.9. The zero-order valence-electron chi connectivity index (χ0n) is 15.6. The van der Waals surface area contributed by atoms with E-state index in [1.165, 1.54) is 11.9 Å². The van der Waals surface area contributed by atoms with Gasteiger partial charge in [0.05, 0.1) is 5.52 Å². The number of Topliss-reactive ketones (excluding diaryl/α,β-unsaturated/α-hetero) is 1. The Morgan fingerprint density at radius 2 is 2.00 bits per heavy atom. The van der Waals surface area contributed by atoms with Crippen molar-refractivity contribution in [2.75, 3.05) is 0 Å². The quantitative estimate of drug-likeness (QED) is 0.511. The van der Waals surface area contributed by atoms with E-state index in [2.05, 4.69) is 14.8 Å². The van der Waals surface area contributed by atoms with Crippen LogP contribution in [-0.2, 0) is 0 Å². The lowest BCUT2D eigenvalue weighted by Gasteiger charge is -2.21. The molecule has 5 nitrogen and oxygen atoms in total. The zero-order chi connectivity index (χ0) is 20.0. The van der Waals surface area contributed by atoms with Gasteiger partial charge in [-0.05, 0) is 42.8 Å². The molecule has 1 unspecified atom stereocenters. The third kappa shape index (κ3) is 2.96. The Bertz CT molecular complexity index is 1300.